The average Bonchev–Trinajstić information content (AvgIpc) is 2.81. The molecule has 2 aromatic rings. The number of amides is 1. The number of benzene rings is 2. The van der Waals surface area contributed by atoms with E-state index in [-0.39, 0.29) is 12.5 Å². The van der Waals surface area contributed by atoms with Gasteiger partial charge >= 0.3 is 0 Å². The first-order valence-electron chi connectivity index (χ1n) is 9.74. The zero-order valence-corrected chi connectivity index (χ0v) is 18.1. The molecule has 2 aromatic carbocycles. The van der Waals surface area contributed by atoms with Crippen molar-refractivity contribution in [3.05, 3.63) is 48.0 Å². The molecule has 1 aliphatic heterocycles. The molecule has 0 bridgehead atoms. The molecule has 3 rings (SSSR count). The summed E-state index contributed by atoms with van der Waals surface area (Å²) in [6, 6.07) is 8.40. The van der Waals surface area contributed by atoms with Crippen LogP contribution in [0.1, 0.15) is 18.0 Å². The van der Waals surface area contributed by atoms with Crippen molar-refractivity contribution in [2.75, 3.05) is 46.6 Å². The lowest BCUT2D eigenvalue weighted by Gasteiger charge is -2.43. The number of carbonyl (C=O) groups is 1. The standard InChI is InChI=1S/C23H27NO7/c1-14-21(17-8-7-16(27-2)13-18(17)31-10-6-9-25)24(23(14)26)15-11-19(28-3)22(30-5)20(12-15)29-4/h7-8,11-13,21,25H,1,6,9-10H2,2-5H3. The van der Waals surface area contributed by atoms with Crippen LogP contribution in [0.5, 0.6) is 28.7 Å². The molecule has 0 aliphatic carbocycles. The highest BCUT2D eigenvalue weighted by Gasteiger charge is 2.44. The Morgan fingerprint density at radius 3 is 2.19 bits per heavy atom. The molecule has 1 heterocycles. The molecule has 1 unspecified atom stereocenters. The molecule has 8 heteroatoms. The molecule has 1 amide bonds. The van der Waals surface area contributed by atoms with Crippen molar-refractivity contribution < 1.29 is 33.6 Å². The largest absolute Gasteiger partial charge is 0.497 e. The Bertz CT molecular complexity index is 947. The fraction of sp³-hybridized carbons (Fsp3) is 0.348. The van der Waals surface area contributed by atoms with Crippen molar-refractivity contribution >= 4 is 11.6 Å². The van der Waals surface area contributed by atoms with Crippen LogP contribution in [0.25, 0.3) is 0 Å². The van der Waals surface area contributed by atoms with Gasteiger partial charge in [-0.25, -0.2) is 0 Å². The van der Waals surface area contributed by atoms with Gasteiger partial charge in [-0.05, 0) is 12.1 Å². The molecule has 0 radical (unpaired) electrons. The highest BCUT2D eigenvalue weighted by atomic mass is 16.5. The van der Waals surface area contributed by atoms with Crippen LogP contribution < -0.4 is 28.6 Å². The average molecular weight is 429 g/mol. The Hall–Kier alpha value is -3.39. The van der Waals surface area contributed by atoms with Gasteiger partial charge in [0.05, 0.1) is 46.8 Å². The summed E-state index contributed by atoms with van der Waals surface area (Å²) in [4.78, 5) is 14.4. The van der Waals surface area contributed by atoms with Crippen molar-refractivity contribution in [2.24, 2.45) is 0 Å². The number of rotatable bonds is 10. The van der Waals surface area contributed by atoms with Crippen molar-refractivity contribution in [1.82, 2.24) is 0 Å². The van der Waals surface area contributed by atoms with E-state index in [2.05, 4.69) is 6.58 Å². The molecule has 0 saturated carbocycles. The zero-order valence-electron chi connectivity index (χ0n) is 18.1. The smallest absolute Gasteiger partial charge is 0.256 e. The van der Waals surface area contributed by atoms with E-state index in [4.69, 9.17) is 28.8 Å². The minimum absolute atomic E-state index is 0.0193. The Labute approximate surface area is 181 Å². The Morgan fingerprint density at radius 1 is 0.968 bits per heavy atom. The molecule has 1 aliphatic rings. The van der Waals surface area contributed by atoms with E-state index in [1.165, 1.54) is 21.3 Å². The lowest BCUT2D eigenvalue weighted by atomic mass is 9.87. The summed E-state index contributed by atoms with van der Waals surface area (Å²) >= 11 is 0. The number of ether oxygens (including phenoxy) is 5. The molecule has 1 atom stereocenters. The van der Waals surface area contributed by atoms with Gasteiger partial charge in [-0.3, -0.25) is 9.69 Å². The summed E-state index contributed by atoms with van der Waals surface area (Å²) in [5.74, 6) is 2.29. The van der Waals surface area contributed by atoms with Crippen LogP contribution in [-0.2, 0) is 4.79 Å². The predicted molar refractivity (Wildman–Crippen MR) is 116 cm³/mol. The number of nitrogens with zero attached hydrogens (tertiary/aromatic N) is 1. The second-order valence-corrected chi connectivity index (χ2v) is 6.82. The van der Waals surface area contributed by atoms with E-state index in [9.17, 15) is 4.79 Å². The number of aliphatic hydroxyl groups is 1. The van der Waals surface area contributed by atoms with Crippen LogP contribution in [0.2, 0.25) is 0 Å². The van der Waals surface area contributed by atoms with Gasteiger partial charge in [-0.1, -0.05) is 6.58 Å². The number of methoxy groups -OCH3 is 4. The second-order valence-electron chi connectivity index (χ2n) is 6.82. The Morgan fingerprint density at radius 2 is 1.65 bits per heavy atom. The van der Waals surface area contributed by atoms with Gasteiger partial charge in [0, 0.05) is 42.4 Å². The summed E-state index contributed by atoms with van der Waals surface area (Å²) < 4.78 is 27.4. The lowest BCUT2D eigenvalue weighted by molar-refractivity contribution is -0.119. The Kier molecular flexibility index (Phi) is 6.91. The second kappa shape index (κ2) is 9.61. The maximum atomic E-state index is 12.8. The van der Waals surface area contributed by atoms with Crippen molar-refractivity contribution in [3.63, 3.8) is 0 Å². The quantitative estimate of drug-likeness (QED) is 0.353. The van der Waals surface area contributed by atoms with Crippen molar-refractivity contribution in [2.45, 2.75) is 12.5 Å². The predicted octanol–water partition coefficient (Wildman–Crippen LogP) is 3.13. The third-order valence-electron chi connectivity index (χ3n) is 5.08. The normalized spacial score (nSPS) is 15.4. The van der Waals surface area contributed by atoms with Gasteiger partial charge in [0.25, 0.3) is 5.91 Å². The fourth-order valence-electron chi connectivity index (χ4n) is 3.52. The zero-order chi connectivity index (χ0) is 22.5. The first kappa shape index (κ1) is 22.3. The summed E-state index contributed by atoms with van der Waals surface area (Å²) in [5.41, 5.74) is 1.78. The third-order valence-corrected chi connectivity index (χ3v) is 5.08. The molecule has 1 fully saturated rings. The highest BCUT2D eigenvalue weighted by molar-refractivity contribution is 6.15. The SMILES string of the molecule is C=C1C(=O)N(c2cc(OC)c(OC)c(OC)c2)C1c1ccc(OC)cc1OCCCO. The van der Waals surface area contributed by atoms with Crippen LogP contribution in [0.15, 0.2) is 42.5 Å². The van der Waals surface area contributed by atoms with Gasteiger partial charge in [-0.15, -0.1) is 0 Å². The molecule has 8 nitrogen and oxygen atoms in total. The molecule has 1 N–H and O–H groups in total. The van der Waals surface area contributed by atoms with Crippen LogP contribution in [0.3, 0.4) is 0 Å². The number of anilines is 1. The van der Waals surface area contributed by atoms with Crippen LogP contribution in [0, 0.1) is 0 Å². The first-order chi connectivity index (χ1) is 15.0. The number of aliphatic hydroxyl groups excluding tert-OH is 1. The number of carbonyl (C=O) groups excluding carboxylic acids is 1. The van der Waals surface area contributed by atoms with Crippen molar-refractivity contribution in [3.8, 4) is 28.7 Å². The summed E-state index contributed by atoms with van der Waals surface area (Å²) in [6.45, 7) is 4.32. The number of hydrogen-bond acceptors (Lipinski definition) is 7. The molecule has 0 spiro atoms. The number of β-lactam (4-membered cyclic amide) rings is 1. The van der Waals surface area contributed by atoms with E-state index >= 15 is 0 Å². The van der Waals surface area contributed by atoms with E-state index in [0.717, 1.165) is 5.56 Å². The van der Waals surface area contributed by atoms with Gasteiger partial charge in [0.1, 0.15) is 11.5 Å². The molecule has 0 aromatic heterocycles. The lowest BCUT2D eigenvalue weighted by Crippen LogP contribution is -2.49. The van der Waals surface area contributed by atoms with Crippen molar-refractivity contribution in [1.29, 1.82) is 0 Å². The third kappa shape index (κ3) is 4.11. The van der Waals surface area contributed by atoms with E-state index < -0.39 is 6.04 Å². The van der Waals surface area contributed by atoms with E-state index in [1.54, 1.807) is 36.3 Å². The monoisotopic (exact) mass is 429 g/mol. The molecular weight excluding hydrogens is 402 g/mol. The molecule has 1 saturated heterocycles. The van der Waals surface area contributed by atoms with Crippen LogP contribution in [-0.4, -0.2) is 52.7 Å². The van der Waals surface area contributed by atoms with Crippen LogP contribution in [0.4, 0.5) is 5.69 Å². The topological polar surface area (TPSA) is 86.7 Å². The van der Waals surface area contributed by atoms with E-state index in [1.807, 2.05) is 6.07 Å². The summed E-state index contributed by atoms with van der Waals surface area (Å²) in [7, 11) is 6.13. The summed E-state index contributed by atoms with van der Waals surface area (Å²) in [6.07, 6.45) is 0.484. The number of hydrogen-bond donors (Lipinski definition) is 1. The maximum Gasteiger partial charge on any atom is 0.256 e. The minimum Gasteiger partial charge on any atom is -0.497 e. The molecule has 31 heavy (non-hydrogen) atoms. The van der Waals surface area contributed by atoms with Gasteiger partial charge in [0.2, 0.25) is 5.75 Å². The first-order valence-corrected chi connectivity index (χ1v) is 9.74. The minimum atomic E-state index is -0.440. The van der Waals surface area contributed by atoms with Gasteiger partial charge in [0.15, 0.2) is 11.5 Å². The molecular formula is C23H27NO7. The maximum absolute atomic E-state index is 12.8. The molecule has 166 valence electrons. The fourth-order valence-corrected chi connectivity index (χ4v) is 3.52. The van der Waals surface area contributed by atoms with Gasteiger partial charge < -0.3 is 28.8 Å². The Balaban J connectivity index is 2.05. The van der Waals surface area contributed by atoms with E-state index in [0.29, 0.717) is 53.0 Å². The van der Waals surface area contributed by atoms with Gasteiger partial charge in [-0.2, -0.15) is 0 Å². The summed E-state index contributed by atoms with van der Waals surface area (Å²) in [5, 5.41) is 9.08. The van der Waals surface area contributed by atoms with Crippen LogP contribution >= 0.6 is 0 Å². The highest BCUT2D eigenvalue weighted by Crippen LogP contribution is 2.49.